The van der Waals surface area contributed by atoms with Crippen LogP contribution < -0.4 is 14.8 Å². The zero-order valence-corrected chi connectivity index (χ0v) is 21.3. The first-order valence-electron chi connectivity index (χ1n) is 12.5. The number of nitrogens with one attached hydrogen (secondary N) is 1. The molecule has 2 atom stereocenters. The summed E-state index contributed by atoms with van der Waals surface area (Å²) in [6.07, 6.45) is 1.63. The van der Waals surface area contributed by atoms with E-state index >= 15 is 0 Å². The molecule has 0 amide bonds. The fourth-order valence-electron chi connectivity index (χ4n) is 4.37. The molecule has 4 rings (SSSR count). The van der Waals surface area contributed by atoms with Gasteiger partial charge in [-0.15, -0.1) is 0 Å². The third-order valence-electron chi connectivity index (χ3n) is 6.37. The first-order chi connectivity index (χ1) is 17.0. The smallest absolute Gasteiger partial charge is 0.132 e. The summed E-state index contributed by atoms with van der Waals surface area (Å²) in [6, 6.07) is 24.6. The molecule has 0 bridgehead atoms. The summed E-state index contributed by atoms with van der Waals surface area (Å²) in [5, 5.41) is 3.54. The van der Waals surface area contributed by atoms with Gasteiger partial charge in [0, 0.05) is 24.4 Å². The summed E-state index contributed by atoms with van der Waals surface area (Å²) in [5.74, 6) is 1.71. The van der Waals surface area contributed by atoms with Crippen LogP contribution in [-0.2, 0) is 22.6 Å². The zero-order valence-electron chi connectivity index (χ0n) is 21.3. The van der Waals surface area contributed by atoms with E-state index in [1.807, 2.05) is 36.4 Å². The van der Waals surface area contributed by atoms with Gasteiger partial charge in [-0.05, 0) is 61.7 Å². The maximum Gasteiger partial charge on any atom is 0.132 e. The highest BCUT2D eigenvalue weighted by molar-refractivity contribution is 5.54. The number of hydrogen-bond donors (Lipinski definition) is 1. The second kappa shape index (κ2) is 11.6. The second-order valence-corrected chi connectivity index (χ2v) is 9.52. The van der Waals surface area contributed by atoms with Crippen LogP contribution in [-0.4, -0.2) is 25.4 Å². The molecule has 0 spiro atoms. The highest BCUT2D eigenvalue weighted by atomic mass is 16.6. The molecular weight excluding hydrogens is 438 g/mol. The van der Waals surface area contributed by atoms with Crippen LogP contribution in [0.1, 0.15) is 56.4 Å². The maximum atomic E-state index is 6.49. The molecule has 35 heavy (non-hydrogen) atoms. The number of anilines is 1. The predicted octanol–water partition coefficient (Wildman–Crippen LogP) is 6.92. The molecule has 5 nitrogen and oxygen atoms in total. The Morgan fingerprint density at radius 3 is 2.40 bits per heavy atom. The van der Waals surface area contributed by atoms with Crippen molar-refractivity contribution in [1.29, 1.82) is 0 Å². The van der Waals surface area contributed by atoms with Gasteiger partial charge in [0.1, 0.15) is 29.3 Å². The molecule has 1 N–H and O–H groups in total. The zero-order chi connectivity index (χ0) is 24.7. The lowest BCUT2D eigenvalue weighted by Gasteiger charge is -2.44. The van der Waals surface area contributed by atoms with Gasteiger partial charge in [0.25, 0.3) is 0 Å². The van der Waals surface area contributed by atoms with Crippen molar-refractivity contribution in [2.24, 2.45) is 0 Å². The molecule has 3 aromatic rings. The van der Waals surface area contributed by atoms with Crippen molar-refractivity contribution in [3.05, 3.63) is 89.5 Å². The van der Waals surface area contributed by atoms with Crippen molar-refractivity contribution in [2.75, 3.05) is 19.0 Å². The maximum absolute atomic E-state index is 6.49. The van der Waals surface area contributed by atoms with Crippen LogP contribution in [0, 0.1) is 0 Å². The largest absolute Gasteiger partial charge is 0.497 e. The number of fused-ring (bicyclic) bond motifs is 1. The van der Waals surface area contributed by atoms with E-state index in [9.17, 15) is 0 Å². The Morgan fingerprint density at radius 2 is 1.69 bits per heavy atom. The molecule has 1 heterocycles. The number of unbranched alkanes of at least 4 members (excludes halogenated alkanes) is 1. The predicted molar refractivity (Wildman–Crippen MR) is 140 cm³/mol. The molecule has 1 aliphatic rings. The van der Waals surface area contributed by atoms with E-state index in [1.54, 1.807) is 7.11 Å². The summed E-state index contributed by atoms with van der Waals surface area (Å²) in [5.41, 5.74) is 3.83. The lowest BCUT2D eigenvalue weighted by molar-refractivity contribution is -0.167. The van der Waals surface area contributed by atoms with Crippen LogP contribution in [0.3, 0.4) is 0 Å². The van der Waals surface area contributed by atoms with Crippen LogP contribution in [0.2, 0.25) is 0 Å². The van der Waals surface area contributed by atoms with Crippen molar-refractivity contribution >= 4 is 5.69 Å². The number of benzene rings is 3. The average Bonchev–Trinajstić information content (AvgIpc) is 2.87. The van der Waals surface area contributed by atoms with Gasteiger partial charge in [-0.3, -0.25) is 0 Å². The molecule has 0 saturated carbocycles. The third-order valence-corrected chi connectivity index (χ3v) is 6.37. The fourth-order valence-corrected chi connectivity index (χ4v) is 4.37. The molecule has 0 fully saturated rings. The van der Waals surface area contributed by atoms with Crippen molar-refractivity contribution in [3.63, 3.8) is 0 Å². The van der Waals surface area contributed by atoms with Crippen LogP contribution >= 0.6 is 0 Å². The van der Waals surface area contributed by atoms with Gasteiger partial charge in [-0.2, -0.15) is 0 Å². The number of hydrogen-bond acceptors (Lipinski definition) is 5. The van der Waals surface area contributed by atoms with E-state index in [2.05, 4.69) is 62.5 Å². The molecule has 1 aliphatic heterocycles. The SMILES string of the molecule is CCCCOC1c2cc(NCc3ccc(OC)cc3)ccc2OC(C)(C)C1OCc1ccccc1. The van der Waals surface area contributed by atoms with Gasteiger partial charge in [0.05, 0.1) is 13.7 Å². The van der Waals surface area contributed by atoms with Crippen LogP contribution in [0.15, 0.2) is 72.8 Å². The molecule has 3 aromatic carbocycles. The molecule has 0 radical (unpaired) electrons. The van der Waals surface area contributed by atoms with E-state index in [0.29, 0.717) is 19.8 Å². The van der Waals surface area contributed by atoms with Crippen molar-refractivity contribution in [3.8, 4) is 11.5 Å². The van der Waals surface area contributed by atoms with Gasteiger partial charge < -0.3 is 24.3 Å². The highest BCUT2D eigenvalue weighted by Gasteiger charge is 2.45. The minimum atomic E-state index is -0.531. The lowest BCUT2D eigenvalue weighted by atomic mass is 9.87. The summed E-state index contributed by atoms with van der Waals surface area (Å²) in [4.78, 5) is 0. The minimum absolute atomic E-state index is 0.216. The van der Waals surface area contributed by atoms with Gasteiger partial charge >= 0.3 is 0 Å². The highest BCUT2D eigenvalue weighted by Crippen LogP contribution is 2.44. The normalized spacial score (nSPS) is 18.4. The average molecular weight is 476 g/mol. The van der Waals surface area contributed by atoms with E-state index in [-0.39, 0.29) is 12.2 Å². The Kier molecular flexibility index (Phi) is 8.32. The molecule has 186 valence electrons. The Morgan fingerprint density at radius 1 is 0.914 bits per heavy atom. The minimum Gasteiger partial charge on any atom is -0.497 e. The van der Waals surface area contributed by atoms with Crippen molar-refractivity contribution in [2.45, 2.75) is 64.6 Å². The Bertz CT molecular complexity index is 1070. The van der Waals surface area contributed by atoms with Crippen LogP contribution in [0.25, 0.3) is 0 Å². The molecule has 0 saturated heterocycles. The van der Waals surface area contributed by atoms with Gasteiger partial charge in [0.15, 0.2) is 0 Å². The first kappa shape index (κ1) is 25.1. The van der Waals surface area contributed by atoms with Gasteiger partial charge in [-0.25, -0.2) is 0 Å². The third kappa shape index (κ3) is 6.36. The monoisotopic (exact) mass is 475 g/mol. The molecule has 5 heteroatoms. The molecule has 2 unspecified atom stereocenters. The summed E-state index contributed by atoms with van der Waals surface area (Å²) < 4.78 is 24.7. The number of methoxy groups -OCH3 is 1. The molecule has 0 aliphatic carbocycles. The Labute approximate surface area is 209 Å². The van der Waals surface area contributed by atoms with E-state index in [0.717, 1.165) is 41.2 Å². The van der Waals surface area contributed by atoms with E-state index in [1.165, 1.54) is 5.56 Å². The quantitative estimate of drug-likeness (QED) is 0.305. The number of ether oxygens (including phenoxy) is 4. The lowest BCUT2D eigenvalue weighted by Crippen LogP contribution is -2.51. The standard InChI is InChI=1S/C30H37NO4/c1-5-6-18-33-28-26-19-24(31-20-22-12-15-25(32-4)16-13-22)14-17-27(26)35-30(2,3)29(28)34-21-23-10-8-7-9-11-23/h7-17,19,28-29,31H,5-6,18,20-21H2,1-4H3. The van der Waals surface area contributed by atoms with E-state index < -0.39 is 5.60 Å². The van der Waals surface area contributed by atoms with Crippen LogP contribution in [0.4, 0.5) is 5.69 Å². The fraction of sp³-hybridized carbons (Fsp3) is 0.400. The molecular formula is C30H37NO4. The first-order valence-corrected chi connectivity index (χ1v) is 12.5. The summed E-state index contributed by atoms with van der Waals surface area (Å²) in [6.45, 7) is 8.25. The Hall–Kier alpha value is -3.02. The van der Waals surface area contributed by atoms with Crippen LogP contribution in [0.5, 0.6) is 11.5 Å². The van der Waals surface area contributed by atoms with E-state index in [4.69, 9.17) is 18.9 Å². The second-order valence-electron chi connectivity index (χ2n) is 9.52. The summed E-state index contributed by atoms with van der Waals surface area (Å²) >= 11 is 0. The number of rotatable bonds is 11. The van der Waals surface area contributed by atoms with Gasteiger partial charge in [0.2, 0.25) is 0 Å². The van der Waals surface area contributed by atoms with Gasteiger partial charge in [-0.1, -0.05) is 55.8 Å². The summed E-state index contributed by atoms with van der Waals surface area (Å²) in [7, 11) is 1.68. The van der Waals surface area contributed by atoms with Crippen molar-refractivity contribution < 1.29 is 18.9 Å². The molecule has 0 aromatic heterocycles. The van der Waals surface area contributed by atoms with Crippen molar-refractivity contribution in [1.82, 2.24) is 0 Å². The Balaban J connectivity index is 1.55. The topological polar surface area (TPSA) is 49.0 Å².